The predicted molar refractivity (Wildman–Crippen MR) is 114 cm³/mol. The summed E-state index contributed by atoms with van der Waals surface area (Å²) in [7, 11) is 0. The maximum atomic E-state index is 10.5. The van der Waals surface area contributed by atoms with Gasteiger partial charge in [-0.3, -0.25) is 9.80 Å². The standard InChI is InChI=1S/C25H28N2O/c28-24(21-10-4-1-5-11-21)20-26-16-18-27(19-17-26)25(22-12-6-2-7-13-22)23-14-8-3-9-15-23/h1-15,24-25,28H,16-20H2. The van der Waals surface area contributed by atoms with E-state index in [1.54, 1.807) is 0 Å². The third kappa shape index (κ3) is 4.50. The second-order valence-electron chi connectivity index (χ2n) is 7.49. The van der Waals surface area contributed by atoms with Gasteiger partial charge in [0.15, 0.2) is 0 Å². The van der Waals surface area contributed by atoms with Gasteiger partial charge in [0.1, 0.15) is 0 Å². The Balaban J connectivity index is 1.43. The summed E-state index contributed by atoms with van der Waals surface area (Å²) in [5, 5.41) is 10.5. The van der Waals surface area contributed by atoms with Crippen LogP contribution in [0.3, 0.4) is 0 Å². The van der Waals surface area contributed by atoms with E-state index in [9.17, 15) is 5.11 Å². The Morgan fingerprint density at radius 1 is 0.607 bits per heavy atom. The Bertz CT molecular complexity index is 791. The molecule has 1 unspecified atom stereocenters. The number of nitrogens with zero attached hydrogens (tertiary/aromatic N) is 2. The van der Waals surface area contributed by atoms with Crippen molar-refractivity contribution in [3.63, 3.8) is 0 Å². The molecule has 1 fully saturated rings. The van der Waals surface area contributed by atoms with E-state index in [0.717, 1.165) is 31.7 Å². The fourth-order valence-corrected chi connectivity index (χ4v) is 4.11. The van der Waals surface area contributed by atoms with E-state index in [2.05, 4.69) is 70.5 Å². The van der Waals surface area contributed by atoms with Crippen LogP contribution >= 0.6 is 0 Å². The maximum absolute atomic E-state index is 10.5. The smallest absolute Gasteiger partial charge is 0.0916 e. The van der Waals surface area contributed by atoms with Crippen molar-refractivity contribution in [1.82, 2.24) is 9.80 Å². The molecule has 1 atom stereocenters. The first-order valence-corrected chi connectivity index (χ1v) is 10.1. The maximum Gasteiger partial charge on any atom is 0.0916 e. The van der Waals surface area contributed by atoms with E-state index in [1.165, 1.54) is 11.1 Å². The van der Waals surface area contributed by atoms with E-state index in [0.29, 0.717) is 6.54 Å². The van der Waals surface area contributed by atoms with Gasteiger partial charge in [-0.25, -0.2) is 0 Å². The van der Waals surface area contributed by atoms with Crippen molar-refractivity contribution in [2.75, 3.05) is 32.7 Å². The van der Waals surface area contributed by atoms with Crippen LogP contribution in [-0.2, 0) is 0 Å². The Hall–Kier alpha value is -2.46. The lowest BCUT2D eigenvalue weighted by Crippen LogP contribution is -2.48. The zero-order valence-corrected chi connectivity index (χ0v) is 16.2. The molecule has 1 N–H and O–H groups in total. The van der Waals surface area contributed by atoms with Crippen LogP contribution < -0.4 is 0 Å². The Morgan fingerprint density at radius 2 is 1.04 bits per heavy atom. The molecule has 3 aromatic rings. The number of β-amino-alcohol motifs (C(OH)–C–C–N with tert-alkyl or cyclic N) is 1. The Kier molecular flexibility index (Phi) is 6.17. The van der Waals surface area contributed by atoms with Crippen LogP contribution in [0.15, 0.2) is 91.0 Å². The van der Waals surface area contributed by atoms with Gasteiger partial charge in [-0.1, -0.05) is 91.0 Å². The topological polar surface area (TPSA) is 26.7 Å². The fraction of sp³-hybridized carbons (Fsp3) is 0.280. The van der Waals surface area contributed by atoms with Crippen LogP contribution in [0.25, 0.3) is 0 Å². The molecule has 1 heterocycles. The average molecular weight is 373 g/mol. The number of aliphatic hydroxyl groups excluding tert-OH is 1. The molecule has 1 saturated heterocycles. The summed E-state index contributed by atoms with van der Waals surface area (Å²) in [5.41, 5.74) is 3.68. The van der Waals surface area contributed by atoms with E-state index in [4.69, 9.17) is 0 Å². The first-order valence-electron chi connectivity index (χ1n) is 10.1. The number of piperazine rings is 1. The van der Waals surface area contributed by atoms with E-state index >= 15 is 0 Å². The van der Waals surface area contributed by atoms with Crippen molar-refractivity contribution < 1.29 is 5.11 Å². The number of hydrogen-bond acceptors (Lipinski definition) is 3. The molecule has 1 aliphatic heterocycles. The van der Waals surface area contributed by atoms with Crippen LogP contribution in [0.5, 0.6) is 0 Å². The number of benzene rings is 3. The summed E-state index contributed by atoms with van der Waals surface area (Å²) in [6.45, 7) is 4.63. The molecule has 3 nitrogen and oxygen atoms in total. The van der Waals surface area contributed by atoms with E-state index in [-0.39, 0.29) is 6.04 Å². The molecule has 0 aliphatic carbocycles. The van der Waals surface area contributed by atoms with Crippen molar-refractivity contribution in [3.05, 3.63) is 108 Å². The zero-order valence-electron chi connectivity index (χ0n) is 16.2. The first kappa shape index (κ1) is 18.9. The van der Waals surface area contributed by atoms with Gasteiger partial charge >= 0.3 is 0 Å². The first-order chi connectivity index (χ1) is 13.8. The monoisotopic (exact) mass is 372 g/mol. The van der Waals surface area contributed by atoms with Gasteiger partial charge in [0.2, 0.25) is 0 Å². The SMILES string of the molecule is OC(CN1CCN(C(c2ccccc2)c2ccccc2)CC1)c1ccccc1. The molecule has 0 radical (unpaired) electrons. The lowest BCUT2D eigenvalue weighted by Gasteiger charge is -2.40. The minimum Gasteiger partial charge on any atom is -0.387 e. The molecular weight excluding hydrogens is 344 g/mol. The number of rotatable bonds is 6. The van der Waals surface area contributed by atoms with Gasteiger partial charge in [0.05, 0.1) is 12.1 Å². The molecule has 0 spiro atoms. The highest BCUT2D eigenvalue weighted by Crippen LogP contribution is 2.29. The average Bonchev–Trinajstić information content (AvgIpc) is 2.77. The summed E-state index contributed by atoms with van der Waals surface area (Å²) >= 11 is 0. The summed E-state index contributed by atoms with van der Waals surface area (Å²) in [6.07, 6.45) is -0.424. The highest BCUT2D eigenvalue weighted by atomic mass is 16.3. The van der Waals surface area contributed by atoms with Gasteiger partial charge in [-0.05, 0) is 16.7 Å². The second-order valence-corrected chi connectivity index (χ2v) is 7.49. The largest absolute Gasteiger partial charge is 0.387 e. The molecule has 144 valence electrons. The predicted octanol–water partition coefficient (Wildman–Crippen LogP) is 4.13. The minimum absolute atomic E-state index is 0.281. The molecule has 3 aromatic carbocycles. The lowest BCUT2D eigenvalue weighted by atomic mass is 9.96. The quantitative estimate of drug-likeness (QED) is 0.705. The highest BCUT2D eigenvalue weighted by Gasteiger charge is 2.27. The van der Waals surface area contributed by atoms with Crippen molar-refractivity contribution in [3.8, 4) is 0 Å². The molecule has 4 rings (SSSR count). The van der Waals surface area contributed by atoms with E-state index in [1.807, 2.05) is 30.3 Å². The van der Waals surface area contributed by atoms with Crippen molar-refractivity contribution >= 4 is 0 Å². The van der Waals surface area contributed by atoms with Crippen molar-refractivity contribution in [2.45, 2.75) is 12.1 Å². The third-order valence-electron chi connectivity index (χ3n) is 5.62. The molecule has 0 bridgehead atoms. The number of aliphatic hydroxyl groups is 1. The fourth-order valence-electron chi connectivity index (χ4n) is 4.11. The molecule has 28 heavy (non-hydrogen) atoms. The third-order valence-corrected chi connectivity index (χ3v) is 5.62. The van der Waals surface area contributed by atoms with Crippen LogP contribution in [0.4, 0.5) is 0 Å². The zero-order chi connectivity index (χ0) is 19.2. The molecule has 0 saturated carbocycles. The number of hydrogen-bond donors (Lipinski definition) is 1. The van der Waals surface area contributed by atoms with E-state index < -0.39 is 6.10 Å². The van der Waals surface area contributed by atoms with Gasteiger partial charge in [0, 0.05) is 32.7 Å². The Morgan fingerprint density at radius 3 is 1.50 bits per heavy atom. The second kappa shape index (κ2) is 9.16. The molecule has 0 aromatic heterocycles. The van der Waals surface area contributed by atoms with Gasteiger partial charge in [-0.15, -0.1) is 0 Å². The van der Waals surface area contributed by atoms with Gasteiger partial charge < -0.3 is 5.11 Å². The van der Waals surface area contributed by atoms with Gasteiger partial charge in [-0.2, -0.15) is 0 Å². The lowest BCUT2D eigenvalue weighted by molar-refractivity contribution is 0.0623. The normalized spacial score (nSPS) is 16.9. The summed E-state index contributed by atoms with van der Waals surface area (Å²) < 4.78 is 0. The summed E-state index contributed by atoms with van der Waals surface area (Å²) in [6, 6.07) is 31.8. The highest BCUT2D eigenvalue weighted by molar-refractivity contribution is 5.32. The Labute approximate surface area is 167 Å². The van der Waals surface area contributed by atoms with Gasteiger partial charge in [0.25, 0.3) is 0 Å². The van der Waals surface area contributed by atoms with Crippen molar-refractivity contribution in [2.24, 2.45) is 0 Å². The van der Waals surface area contributed by atoms with Crippen LogP contribution in [0.1, 0.15) is 28.8 Å². The molecule has 0 amide bonds. The summed E-state index contributed by atoms with van der Waals surface area (Å²) in [5.74, 6) is 0. The molecule has 1 aliphatic rings. The minimum atomic E-state index is -0.424. The molecule has 3 heteroatoms. The van der Waals surface area contributed by atoms with Crippen LogP contribution in [0, 0.1) is 0 Å². The van der Waals surface area contributed by atoms with Crippen molar-refractivity contribution in [1.29, 1.82) is 0 Å². The molecular formula is C25H28N2O. The summed E-state index contributed by atoms with van der Waals surface area (Å²) in [4.78, 5) is 4.94. The van der Waals surface area contributed by atoms with Crippen LogP contribution in [-0.4, -0.2) is 47.6 Å². The van der Waals surface area contributed by atoms with Crippen LogP contribution in [0.2, 0.25) is 0 Å².